The van der Waals surface area contributed by atoms with Crippen molar-refractivity contribution < 1.29 is 9.21 Å². The molecule has 0 aliphatic carbocycles. The number of aromatic nitrogens is 4. The molecule has 0 radical (unpaired) electrons. The zero-order chi connectivity index (χ0) is 25.3. The van der Waals surface area contributed by atoms with Crippen LogP contribution < -0.4 is 21.9 Å². The molecule has 0 aromatic carbocycles. The molecule has 0 saturated carbocycles. The van der Waals surface area contributed by atoms with Gasteiger partial charge in [-0.3, -0.25) is 24.0 Å². The number of nitrogens with two attached hydrogens (primary N) is 1. The summed E-state index contributed by atoms with van der Waals surface area (Å²) in [4.78, 5) is 53.1. The van der Waals surface area contributed by atoms with E-state index < -0.39 is 11.2 Å². The molecule has 0 spiro atoms. The van der Waals surface area contributed by atoms with Crippen molar-refractivity contribution in [3.63, 3.8) is 0 Å². The zero-order valence-corrected chi connectivity index (χ0v) is 21.0. The molecule has 0 unspecified atom stereocenters. The number of H-pyrrole nitrogens is 1. The van der Waals surface area contributed by atoms with Crippen molar-refractivity contribution in [2.75, 3.05) is 17.2 Å². The van der Waals surface area contributed by atoms with Crippen LogP contribution in [0.4, 0.5) is 11.5 Å². The molecule has 4 heterocycles. The van der Waals surface area contributed by atoms with Gasteiger partial charge in [-0.05, 0) is 44.4 Å². The van der Waals surface area contributed by atoms with Gasteiger partial charge in [-0.15, -0.1) is 11.3 Å². The minimum atomic E-state index is -0.681. The highest BCUT2D eigenvalue weighted by Gasteiger charge is 2.29. The molecule has 4 rings (SSSR count). The number of rotatable bonds is 8. The fraction of sp³-hybridized carbons (Fsp3) is 0.375. The predicted octanol–water partition coefficient (Wildman–Crippen LogP) is 3.86. The SMILES string of the molecule is CCCCN(C(=O)c1sc2nc(-c3ccco3)nc(C)c2c1C)c1c(N)n(CCC)c(=O)[nH]c1=O. The molecular formula is C24H28N6O4S. The van der Waals surface area contributed by atoms with Crippen LogP contribution in [-0.4, -0.2) is 32.0 Å². The van der Waals surface area contributed by atoms with Gasteiger partial charge in [0.25, 0.3) is 11.5 Å². The number of aryl methyl sites for hydroxylation is 2. The smallest absolute Gasteiger partial charge is 0.330 e. The first-order valence-corrected chi connectivity index (χ1v) is 12.4. The summed E-state index contributed by atoms with van der Waals surface area (Å²) in [5.74, 6) is 0.600. The minimum Gasteiger partial charge on any atom is -0.461 e. The van der Waals surface area contributed by atoms with Crippen LogP contribution in [0, 0.1) is 13.8 Å². The number of amides is 1. The van der Waals surface area contributed by atoms with E-state index in [-0.39, 0.29) is 24.0 Å². The number of carbonyl (C=O) groups excluding carboxylic acids is 1. The summed E-state index contributed by atoms with van der Waals surface area (Å²) < 4.78 is 6.74. The Morgan fingerprint density at radius 2 is 2.00 bits per heavy atom. The summed E-state index contributed by atoms with van der Waals surface area (Å²) in [7, 11) is 0. The molecule has 4 aromatic heterocycles. The van der Waals surface area contributed by atoms with Gasteiger partial charge < -0.3 is 10.2 Å². The normalized spacial score (nSPS) is 11.3. The van der Waals surface area contributed by atoms with Gasteiger partial charge in [-0.25, -0.2) is 14.8 Å². The summed E-state index contributed by atoms with van der Waals surface area (Å²) in [5.41, 5.74) is 6.47. The number of nitrogens with one attached hydrogen (secondary N) is 1. The third-order valence-electron chi connectivity index (χ3n) is 5.82. The van der Waals surface area contributed by atoms with Crippen LogP contribution in [0.15, 0.2) is 32.4 Å². The topological polar surface area (TPSA) is 140 Å². The maximum atomic E-state index is 13.9. The maximum absolute atomic E-state index is 13.9. The molecule has 35 heavy (non-hydrogen) atoms. The second-order valence-corrected chi connectivity index (χ2v) is 9.30. The standard InChI is InChI=1S/C24H28N6O4S/c1-5-7-11-29(17-19(25)30(10-6-2)24(33)28-21(17)31)23(32)18-13(3)16-14(4)26-20(27-22(16)35-18)15-9-8-12-34-15/h8-9,12H,5-7,10-11,25H2,1-4H3,(H,28,31,33). The lowest BCUT2D eigenvalue weighted by Gasteiger charge is -2.24. The molecule has 10 nitrogen and oxygen atoms in total. The Kier molecular flexibility index (Phi) is 6.88. The van der Waals surface area contributed by atoms with Crippen molar-refractivity contribution in [1.29, 1.82) is 0 Å². The van der Waals surface area contributed by atoms with Gasteiger partial charge in [0.2, 0.25) is 0 Å². The third kappa shape index (κ3) is 4.39. The summed E-state index contributed by atoms with van der Waals surface area (Å²) >= 11 is 1.24. The molecule has 184 valence electrons. The molecule has 0 aliphatic rings. The second kappa shape index (κ2) is 9.87. The van der Waals surface area contributed by atoms with E-state index in [1.807, 2.05) is 27.7 Å². The average molecular weight is 497 g/mol. The number of hydrogen-bond acceptors (Lipinski definition) is 8. The quantitative estimate of drug-likeness (QED) is 0.377. The van der Waals surface area contributed by atoms with E-state index >= 15 is 0 Å². The molecular weight excluding hydrogens is 468 g/mol. The lowest BCUT2D eigenvalue weighted by atomic mass is 10.1. The Morgan fingerprint density at radius 3 is 2.66 bits per heavy atom. The Bertz CT molecular complexity index is 1500. The van der Waals surface area contributed by atoms with E-state index in [0.717, 1.165) is 23.1 Å². The lowest BCUT2D eigenvalue weighted by molar-refractivity contribution is 0.0989. The Labute approximate surface area is 205 Å². The molecule has 3 N–H and O–H groups in total. The number of aromatic amines is 1. The highest BCUT2D eigenvalue weighted by molar-refractivity contribution is 7.20. The first-order valence-electron chi connectivity index (χ1n) is 11.5. The minimum absolute atomic E-state index is 0.00700. The largest absolute Gasteiger partial charge is 0.461 e. The van der Waals surface area contributed by atoms with Gasteiger partial charge in [0.15, 0.2) is 17.3 Å². The summed E-state index contributed by atoms with van der Waals surface area (Å²) in [6, 6.07) is 3.54. The van der Waals surface area contributed by atoms with Gasteiger partial charge in [-0.1, -0.05) is 20.3 Å². The molecule has 0 atom stereocenters. The van der Waals surface area contributed by atoms with Crippen LogP contribution in [0.2, 0.25) is 0 Å². The van der Waals surface area contributed by atoms with Crippen molar-refractivity contribution in [1.82, 2.24) is 19.5 Å². The fourth-order valence-corrected chi connectivity index (χ4v) is 5.28. The summed E-state index contributed by atoms with van der Waals surface area (Å²) in [6.07, 6.45) is 3.66. The van der Waals surface area contributed by atoms with Gasteiger partial charge >= 0.3 is 5.69 Å². The number of unbranched alkanes of at least 4 members (excludes halogenated alkanes) is 1. The van der Waals surface area contributed by atoms with Gasteiger partial charge in [0, 0.05) is 18.5 Å². The number of thiophene rings is 1. The van der Waals surface area contributed by atoms with E-state index in [1.54, 1.807) is 18.4 Å². The fourth-order valence-electron chi connectivity index (χ4n) is 4.10. The maximum Gasteiger partial charge on any atom is 0.330 e. The van der Waals surface area contributed by atoms with Crippen molar-refractivity contribution in [2.45, 2.75) is 53.5 Å². The lowest BCUT2D eigenvalue weighted by Crippen LogP contribution is -2.41. The van der Waals surface area contributed by atoms with Gasteiger partial charge in [0.1, 0.15) is 10.6 Å². The second-order valence-electron chi connectivity index (χ2n) is 8.30. The highest BCUT2D eigenvalue weighted by atomic mass is 32.1. The molecule has 0 fully saturated rings. The zero-order valence-electron chi connectivity index (χ0n) is 20.2. The summed E-state index contributed by atoms with van der Waals surface area (Å²) in [5, 5.41) is 0.793. The molecule has 0 saturated heterocycles. The van der Waals surface area contributed by atoms with Crippen LogP contribution in [-0.2, 0) is 6.54 Å². The molecule has 4 aromatic rings. The Hall–Kier alpha value is -3.73. The van der Waals surface area contributed by atoms with Crippen LogP contribution in [0.3, 0.4) is 0 Å². The van der Waals surface area contributed by atoms with Crippen molar-refractivity contribution in [3.05, 3.63) is 55.4 Å². The number of nitrogens with zero attached hydrogens (tertiary/aromatic N) is 4. The van der Waals surface area contributed by atoms with Crippen LogP contribution in [0.25, 0.3) is 21.8 Å². The number of anilines is 2. The molecule has 1 amide bonds. The van der Waals surface area contributed by atoms with E-state index in [1.165, 1.54) is 20.8 Å². The van der Waals surface area contributed by atoms with E-state index in [9.17, 15) is 14.4 Å². The van der Waals surface area contributed by atoms with Gasteiger partial charge in [-0.2, -0.15) is 0 Å². The Morgan fingerprint density at radius 1 is 1.23 bits per heavy atom. The molecule has 11 heteroatoms. The first-order chi connectivity index (χ1) is 16.8. The third-order valence-corrected chi connectivity index (χ3v) is 6.99. The van der Waals surface area contributed by atoms with Crippen LogP contribution in [0.5, 0.6) is 0 Å². The molecule has 0 aliphatic heterocycles. The summed E-state index contributed by atoms with van der Waals surface area (Å²) in [6.45, 7) is 8.21. The number of hydrogen-bond donors (Lipinski definition) is 2. The van der Waals surface area contributed by atoms with Gasteiger partial charge in [0.05, 0.1) is 16.8 Å². The van der Waals surface area contributed by atoms with E-state index in [0.29, 0.717) is 40.7 Å². The number of furan rings is 1. The van der Waals surface area contributed by atoms with Crippen molar-refractivity contribution >= 4 is 39.0 Å². The number of nitrogen functional groups attached to an aromatic ring is 1. The Balaban J connectivity index is 1.86. The average Bonchev–Trinajstić information content (AvgIpc) is 3.47. The predicted molar refractivity (Wildman–Crippen MR) is 137 cm³/mol. The van der Waals surface area contributed by atoms with Crippen molar-refractivity contribution in [3.8, 4) is 11.6 Å². The monoisotopic (exact) mass is 496 g/mol. The number of carbonyl (C=O) groups is 1. The molecule has 0 bridgehead atoms. The highest BCUT2D eigenvalue weighted by Crippen LogP contribution is 2.34. The van der Waals surface area contributed by atoms with Crippen LogP contribution >= 0.6 is 11.3 Å². The number of fused-ring (bicyclic) bond motifs is 1. The van der Waals surface area contributed by atoms with E-state index in [4.69, 9.17) is 10.2 Å². The van der Waals surface area contributed by atoms with Crippen LogP contribution in [0.1, 0.15) is 54.0 Å². The first kappa shape index (κ1) is 24.4. The van der Waals surface area contributed by atoms with E-state index in [2.05, 4.69) is 15.0 Å². The van der Waals surface area contributed by atoms with Crippen molar-refractivity contribution in [2.24, 2.45) is 0 Å².